The summed E-state index contributed by atoms with van der Waals surface area (Å²) >= 11 is 3.37. The molecule has 1 saturated carbocycles. The van der Waals surface area contributed by atoms with E-state index in [2.05, 4.69) is 22.9 Å². The average Bonchev–Trinajstić information content (AvgIpc) is 2.46. The van der Waals surface area contributed by atoms with Crippen molar-refractivity contribution in [3.8, 4) is 5.75 Å². The van der Waals surface area contributed by atoms with Gasteiger partial charge in [-0.25, -0.2) is 0 Å². The Labute approximate surface area is 129 Å². The molecule has 3 nitrogen and oxygen atoms in total. The lowest BCUT2D eigenvalue weighted by Crippen LogP contribution is -2.41. The molecule has 0 saturated heterocycles. The second-order valence-electron chi connectivity index (χ2n) is 5.66. The molecule has 0 spiro atoms. The van der Waals surface area contributed by atoms with Gasteiger partial charge in [0.15, 0.2) is 6.61 Å². The van der Waals surface area contributed by atoms with Crippen LogP contribution in [-0.4, -0.2) is 30.5 Å². The second kappa shape index (κ2) is 7.11. The predicted molar refractivity (Wildman–Crippen MR) is 83.8 cm³/mol. The lowest BCUT2D eigenvalue weighted by atomic mass is 9.87. The third-order valence-corrected chi connectivity index (χ3v) is 4.63. The smallest absolute Gasteiger partial charge is 0.260 e. The van der Waals surface area contributed by atoms with Crippen molar-refractivity contribution in [2.75, 3.05) is 13.7 Å². The number of hydrogen-bond acceptors (Lipinski definition) is 2. The number of halogens is 1. The van der Waals surface area contributed by atoms with Gasteiger partial charge in [0, 0.05) is 17.6 Å². The van der Waals surface area contributed by atoms with Gasteiger partial charge in [0.2, 0.25) is 0 Å². The second-order valence-corrected chi connectivity index (χ2v) is 6.58. The SMILES string of the molecule is CC1CCC(N(C)C(=O)COc2ccc(Br)cc2)CC1. The Hall–Kier alpha value is -1.03. The Morgan fingerprint density at radius 1 is 1.25 bits per heavy atom. The van der Waals surface area contributed by atoms with Gasteiger partial charge in [-0.1, -0.05) is 22.9 Å². The fourth-order valence-electron chi connectivity index (χ4n) is 2.61. The van der Waals surface area contributed by atoms with Gasteiger partial charge in [-0.05, 0) is 55.9 Å². The largest absolute Gasteiger partial charge is 0.484 e. The van der Waals surface area contributed by atoms with E-state index in [1.165, 1.54) is 12.8 Å². The zero-order valence-corrected chi connectivity index (χ0v) is 13.7. The van der Waals surface area contributed by atoms with Gasteiger partial charge in [-0.15, -0.1) is 0 Å². The van der Waals surface area contributed by atoms with Crippen LogP contribution in [0.2, 0.25) is 0 Å². The van der Waals surface area contributed by atoms with Crippen LogP contribution < -0.4 is 4.74 Å². The van der Waals surface area contributed by atoms with Crippen molar-refractivity contribution < 1.29 is 9.53 Å². The number of nitrogens with zero attached hydrogens (tertiary/aromatic N) is 1. The standard InChI is InChI=1S/C16H22BrNO2/c1-12-3-7-14(8-4-12)18(2)16(19)11-20-15-9-5-13(17)6-10-15/h5-6,9-10,12,14H,3-4,7-8,11H2,1-2H3. The third kappa shape index (κ3) is 4.23. The monoisotopic (exact) mass is 339 g/mol. The number of amides is 1. The molecule has 1 aliphatic rings. The molecule has 4 heteroatoms. The summed E-state index contributed by atoms with van der Waals surface area (Å²) in [6.45, 7) is 2.40. The number of carbonyl (C=O) groups excluding carboxylic acids is 1. The summed E-state index contributed by atoms with van der Waals surface area (Å²) in [7, 11) is 1.90. The van der Waals surface area contributed by atoms with Gasteiger partial charge in [0.1, 0.15) is 5.75 Å². The third-order valence-electron chi connectivity index (χ3n) is 4.10. The van der Waals surface area contributed by atoms with E-state index in [0.717, 1.165) is 29.0 Å². The Morgan fingerprint density at radius 3 is 2.45 bits per heavy atom. The minimum atomic E-state index is 0.0625. The predicted octanol–water partition coefficient (Wildman–Crippen LogP) is 3.87. The van der Waals surface area contributed by atoms with Crippen LogP contribution in [0, 0.1) is 5.92 Å². The molecule has 0 aliphatic heterocycles. The molecule has 0 bridgehead atoms. The summed E-state index contributed by atoms with van der Waals surface area (Å²) in [5, 5.41) is 0. The molecule has 0 heterocycles. The lowest BCUT2D eigenvalue weighted by molar-refractivity contribution is -0.134. The van der Waals surface area contributed by atoms with Crippen LogP contribution in [0.25, 0.3) is 0 Å². The first-order chi connectivity index (χ1) is 9.56. The molecule has 0 aromatic heterocycles. The fraction of sp³-hybridized carbons (Fsp3) is 0.562. The lowest BCUT2D eigenvalue weighted by Gasteiger charge is -2.33. The summed E-state index contributed by atoms with van der Waals surface area (Å²) in [6, 6.07) is 7.92. The molecule has 2 rings (SSSR count). The molecule has 1 amide bonds. The van der Waals surface area contributed by atoms with Crippen LogP contribution >= 0.6 is 15.9 Å². The summed E-state index contributed by atoms with van der Waals surface area (Å²) in [6.07, 6.45) is 4.66. The van der Waals surface area contributed by atoms with Crippen LogP contribution in [0.1, 0.15) is 32.6 Å². The van der Waals surface area contributed by atoms with E-state index in [-0.39, 0.29) is 12.5 Å². The minimum Gasteiger partial charge on any atom is -0.484 e. The maximum atomic E-state index is 12.2. The Kier molecular flexibility index (Phi) is 5.46. The number of ether oxygens (including phenoxy) is 1. The molecule has 1 fully saturated rings. The highest BCUT2D eigenvalue weighted by Crippen LogP contribution is 2.26. The Balaban J connectivity index is 1.80. The van der Waals surface area contributed by atoms with Crippen LogP contribution in [-0.2, 0) is 4.79 Å². The molecule has 0 atom stereocenters. The summed E-state index contributed by atoms with van der Waals surface area (Å²) < 4.78 is 6.55. The van der Waals surface area contributed by atoms with Gasteiger partial charge >= 0.3 is 0 Å². The highest BCUT2D eigenvalue weighted by Gasteiger charge is 2.24. The maximum Gasteiger partial charge on any atom is 0.260 e. The number of carbonyl (C=O) groups is 1. The van der Waals surface area contributed by atoms with Crippen molar-refractivity contribution in [3.05, 3.63) is 28.7 Å². The summed E-state index contributed by atoms with van der Waals surface area (Å²) in [5.74, 6) is 1.59. The van der Waals surface area contributed by atoms with Crippen LogP contribution in [0.3, 0.4) is 0 Å². The van der Waals surface area contributed by atoms with Gasteiger partial charge in [-0.3, -0.25) is 4.79 Å². The molecule has 110 valence electrons. The molecular formula is C16H22BrNO2. The van der Waals surface area contributed by atoms with Crippen molar-refractivity contribution in [3.63, 3.8) is 0 Å². The van der Waals surface area contributed by atoms with E-state index in [4.69, 9.17) is 4.74 Å². The normalized spacial score (nSPS) is 22.4. The van der Waals surface area contributed by atoms with Gasteiger partial charge in [0.25, 0.3) is 5.91 Å². The first kappa shape index (κ1) is 15.4. The minimum absolute atomic E-state index is 0.0625. The van der Waals surface area contributed by atoms with E-state index >= 15 is 0 Å². The molecule has 0 radical (unpaired) electrons. The van der Waals surface area contributed by atoms with Crippen molar-refractivity contribution in [2.45, 2.75) is 38.6 Å². The Morgan fingerprint density at radius 2 is 1.85 bits per heavy atom. The van der Waals surface area contributed by atoms with E-state index in [9.17, 15) is 4.79 Å². The zero-order chi connectivity index (χ0) is 14.5. The van der Waals surface area contributed by atoms with E-state index in [1.54, 1.807) is 0 Å². The number of rotatable bonds is 4. The molecule has 20 heavy (non-hydrogen) atoms. The van der Waals surface area contributed by atoms with Crippen LogP contribution in [0.4, 0.5) is 0 Å². The average molecular weight is 340 g/mol. The first-order valence-corrected chi connectivity index (χ1v) is 7.99. The topological polar surface area (TPSA) is 29.5 Å². The van der Waals surface area contributed by atoms with Crippen molar-refractivity contribution in [2.24, 2.45) is 5.92 Å². The van der Waals surface area contributed by atoms with Crippen molar-refractivity contribution in [1.29, 1.82) is 0 Å². The number of hydrogen-bond donors (Lipinski definition) is 0. The summed E-state index contributed by atoms with van der Waals surface area (Å²) in [5.41, 5.74) is 0. The van der Waals surface area contributed by atoms with Crippen molar-refractivity contribution in [1.82, 2.24) is 4.90 Å². The quantitative estimate of drug-likeness (QED) is 0.833. The van der Waals surface area contributed by atoms with Crippen LogP contribution in [0.15, 0.2) is 28.7 Å². The number of benzene rings is 1. The van der Waals surface area contributed by atoms with Crippen molar-refractivity contribution >= 4 is 21.8 Å². The van der Waals surface area contributed by atoms with Crippen LogP contribution in [0.5, 0.6) is 5.75 Å². The highest BCUT2D eigenvalue weighted by molar-refractivity contribution is 9.10. The molecule has 1 aromatic rings. The molecular weight excluding hydrogens is 318 g/mol. The highest BCUT2D eigenvalue weighted by atomic mass is 79.9. The number of likely N-dealkylation sites (N-methyl/N-ethyl adjacent to an activating group) is 1. The zero-order valence-electron chi connectivity index (χ0n) is 12.1. The van der Waals surface area contributed by atoms with E-state index in [0.29, 0.717) is 6.04 Å². The van der Waals surface area contributed by atoms with Gasteiger partial charge in [0.05, 0.1) is 0 Å². The van der Waals surface area contributed by atoms with Gasteiger partial charge < -0.3 is 9.64 Å². The maximum absolute atomic E-state index is 12.2. The Bertz CT molecular complexity index is 438. The molecule has 0 N–H and O–H groups in total. The molecule has 1 aromatic carbocycles. The first-order valence-electron chi connectivity index (χ1n) is 7.20. The summed E-state index contributed by atoms with van der Waals surface area (Å²) in [4.78, 5) is 14.0. The molecule has 0 unspecified atom stereocenters. The molecule has 1 aliphatic carbocycles. The fourth-order valence-corrected chi connectivity index (χ4v) is 2.88. The van der Waals surface area contributed by atoms with E-state index in [1.807, 2.05) is 36.2 Å². The van der Waals surface area contributed by atoms with E-state index < -0.39 is 0 Å². The van der Waals surface area contributed by atoms with Gasteiger partial charge in [-0.2, -0.15) is 0 Å².